The normalized spacial score (nSPS) is 15.3. The number of rotatable bonds is 15. The summed E-state index contributed by atoms with van der Waals surface area (Å²) in [6.45, 7) is 5.57. The van der Waals surface area contributed by atoms with E-state index in [-0.39, 0.29) is 12.3 Å². The molecule has 10 heteroatoms. The molecule has 1 rings (SSSR count). The van der Waals surface area contributed by atoms with Crippen LogP contribution in [-0.4, -0.2) is 59.5 Å². The summed E-state index contributed by atoms with van der Waals surface area (Å²) in [5.41, 5.74) is 12.2. The van der Waals surface area contributed by atoms with Crippen molar-refractivity contribution in [2.24, 2.45) is 17.4 Å². The lowest BCUT2D eigenvalue weighted by Gasteiger charge is -2.28. The molecule has 5 unspecified atom stereocenters. The molecule has 34 heavy (non-hydrogen) atoms. The van der Waals surface area contributed by atoms with Crippen LogP contribution in [0.5, 0.6) is 0 Å². The van der Waals surface area contributed by atoms with Crippen molar-refractivity contribution in [1.82, 2.24) is 16.0 Å². The van der Waals surface area contributed by atoms with Crippen molar-refractivity contribution in [3.05, 3.63) is 35.9 Å². The smallest absolute Gasteiger partial charge is 0.325 e. The van der Waals surface area contributed by atoms with E-state index in [1.165, 1.54) is 6.92 Å². The van der Waals surface area contributed by atoms with Gasteiger partial charge < -0.3 is 32.5 Å². The predicted octanol–water partition coefficient (Wildman–Crippen LogP) is 0.290. The van der Waals surface area contributed by atoms with Gasteiger partial charge in [0.05, 0.1) is 6.04 Å². The van der Waals surface area contributed by atoms with E-state index in [4.69, 9.17) is 16.6 Å². The lowest BCUT2D eigenvalue weighted by molar-refractivity contribution is -0.141. The van der Waals surface area contributed by atoms with E-state index >= 15 is 0 Å². The molecule has 10 nitrogen and oxygen atoms in total. The molecule has 3 amide bonds. The zero-order valence-electron chi connectivity index (χ0n) is 20.3. The molecule has 0 aliphatic heterocycles. The fourth-order valence-electron chi connectivity index (χ4n) is 3.30. The molecule has 0 aliphatic rings. The van der Waals surface area contributed by atoms with Gasteiger partial charge in [0.25, 0.3) is 0 Å². The van der Waals surface area contributed by atoms with Gasteiger partial charge in [0, 0.05) is 6.42 Å². The second kappa shape index (κ2) is 15.0. The highest BCUT2D eigenvalue weighted by Gasteiger charge is 2.31. The number of carbonyl (C=O) groups excluding carboxylic acids is 3. The fourth-order valence-corrected chi connectivity index (χ4v) is 3.30. The van der Waals surface area contributed by atoms with Crippen LogP contribution in [0.15, 0.2) is 30.3 Å². The van der Waals surface area contributed by atoms with Gasteiger partial charge in [0.15, 0.2) is 0 Å². The second-order valence-corrected chi connectivity index (χ2v) is 8.58. The van der Waals surface area contributed by atoms with Crippen LogP contribution in [0.4, 0.5) is 0 Å². The maximum Gasteiger partial charge on any atom is 0.325 e. The number of aliphatic carboxylic acids is 1. The molecule has 5 atom stereocenters. The molecule has 1 aromatic rings. The van der Waals surface area contributed by atoms with E-state index in [0.29, 0.717) is 25.8 Å². The number of nitrogens with two attached hydrogens (primary N) is 2. The van der Waals surface area contributed by atoms with E-state index in [0.717, 1.165) is 12.0 Å². The first-order chi connectivity index (χ1) is 16.1. The number of benzene rings is 1. The van der Waals surface area contributed by atoms with Crippen LogP contribution in [-0.2, 0) is 25.6 Å². The largest absolute Gasteiger partial charge is 0.480 e. The summed E-state index contributed by atoms with van der Waals surface area (Å²) in [6, 6.07) is 5.22. The lowest BCUT2D eigenvalue weighted by atomic mass is 9.96. The van der Waals surface area contributed by atoms with Crippen LogP contribution >= 0.6 is 0 Å². The average Bonchev–Trinajstić information content (AvgIpc) is 2.81. The Balaban J connectivity index is 3.01. The van der Waals surface area contributed by atoms with Gasteiger partial charge >= 0.3 is 5.97 Å². The van der Waals surface area contributed by atoms with E-state index in [1.807, 2.05) is 19.9 Å². The number of unbranched alkanes of at least 4 members (excludes halogenated alkanes) is 1. The maximum absolute atomic E-state index is 13.2. The summed E-state index contributed by atoms with van der Waals surface area (Å²) in [5, 5.41) is 17.0. The molecule has 0 fully saturated rings. The first-order valence-electron chi connectivity index (χ1n) is 11.7. The first-order valence-corrected chi connectivity index (χ1v) is 11.7. The maximum atomic E-state index is 13.2. The summed E-state index contributed by atoms with van der Waals surface area (Å²) in [4.78, 5) is 49.8. The molecular weight excluding hydrogens is 438 g/mol. The first kappa shape index (κ1) is 29.1. The van der Waals surface area contributed by atoms with Crippen molar-refractivity contribution in [2.45, 2.75) is 77.0 Å². The van der Waals surface area contributed by atoms with E-state index < -0.39 is 47.9 Å². The highest BCUT2D eigenvalue weighted by Crippen LogP contribution is 2.11. The Labute approximate surface area is 201 Å². The number of carbonyl (C=O) groups is 4. The molecule has 0 aliphatic carbocycles. The summed E-state index contributed by atoms with van der Waals surface area (Å²) in [7, 11) is 0. The zero-order chi connectivity index (χ0) is 25.7. The Kier molecular flexibility index (Phi) is 12.8. The van der Waals surface area contributed by atoms with Crippen molar-refractivity contribution >= 4 is 23.7 Å². The van der Waals surface area contributed by atoms with Gasteiger partial charge in [-0.2, -0.15) is 0 Å². The summed E-state index contributed by atoms with van der Waals surface area (Å²) in [6.07, 6.45) is 2.66. The third-order valence-corrected chi connectivity index (χ3v) is 5.74. The Bertz CT molecular complexity index is 804. The molecule has 8 N–H and O–H groups in total. The Morgan fingerprint density at radius 2 is 1.59 bits per heavy atom. The molecule has 0 saturated carbocycles. The Hall–Kier alpha value is -2.98. The van der Waals surface area contributed by atoms with E-state index in [1.54, 1.807) is 24.3 Å². The van der Waals surface area contributed by atoms with Gasteiger partial charge in [-0.1, -0.05) is 57.0 Å². The minimum atomic E-state index is -1.19. The summed E-state index contributed by atoms with van der Waals surface area (Å²) < 4.78 is 0. The Morgan fingerprint density at radius 3 is 2.15 bits per heavy atom. The van der Waals surface area contributed by atoms with Gasteiger partial charge in [-0.3, -0.25) is 19.2 Å². The molecule has 1 aromatic carbocycles. The summed E-state index contributed by atoms with van der Waals surface area (Å²) in [5.74, 6) is -3.01. The number of amides is 3. The lowest BCUT2D eigenvalue weighted by Crippen LogP contribution is -2.58. The van der Waals surface area contributed by atoms with Crippen LogP contribution in [0, 0.1) is 5.92 Å². The minimum absolute atomic E-state index is 0.157. The van der Waals surface area contributed by atoms with Crippen LogP contribution in [0.3, 0.4) is 0 Å². The van der Waals surface area contributed by atoms with Crippen LogP contribution in [0.25, 0.3) is 0 Å². The van der Waals surface area contributed by atoms with Gasteiger partial charge in [0.1, 0.15) is 18.1 Å². The average molecular weight is 478 g/mol. The third-order valence-electron chi connectivity index (χ3n) is 5.74. The number of carboxylic acids is 1. The van der Waals surface area contributed by atoms with Crippen LogP contribution in [0.2, 0.25) is 0 Å². The van der Waals surface area contributed by atoms with Crippen LogP contribution < -0.4 is 27.4 Å². The topological polar surface area (TPSA) is 177 Å². The van der Waals surface area contributed by atoms with Gasteiger partial charge in [-0.05, 0) is 37.8 Å². The van der Waals surface area contributed by atoms with Crippen molar-refractivity contribution in [1.29, 1.82) is 0 Å². The van der Waals surface area contributed by atoms with Crippen molar-refractivity contribution < 1.29 is 24.3 Å². The number of hydrogen-bond acceptors (Lipinski definition) is 6. The van der Waals surface area contributed by atoms with E-state index in [2.05, 4.69) is 16.0 Å². The van der Waals surface area contributed by atoms with Gasteiger partial charge in [0.2, 0.25) is 17.7 Å². The number of hydrogen-bond donors (Lipinski definition) is 6. The SMILES string of the molecule is CCC(C)C(NC(=O)C(N)CCCCN)C(=O)NC(Cc1ccccc1)C(=O)NC(C)C(=O)O. The number of nitrogens with one attached hydrogen (secondary N) is 3. The second-order valence-electron chi connectivity index (χ2n) is 8.58. The molecule has 0 aromatic heterocycles. The highest BCUT2D eigenvalue weighted by atomic mass is 16.4. The molecule has 190 valence electrons. The quantitative estimate of drug-likeness (QED) is 0.197. The van der Waals surface area contributed by atoms with Gasteiger partial charge in [-0.25, -0.2) is 0 Å². The molecule has 0 spiro atoms. The summed E-state index contributed by atoms with van der Waals surface area (Å²) >= 11 is 0. The fraction of sp³-hybridized carbons (Fsp3) is 0.583. The molecule has 0 heterocycles. The zero-order valence-corrected chi connectivity index (χ0v) is 20.3. The Morgan fingerprint density at radius 1 is 0.941 bits per heavy atom. The van der Waals surface area contributed by atoms with Crippen molar-refractivity contribution in [3.63, 3.8) is 0 Å². The third kappa shape index (κ3) is 9.88. The highest BCUT2D eigenvalue weighted by molar-refractivity contribution is 5.94. The van der Waals surface area contributed by atoms with Crippen molar-refractivity contribution in [2.75, 3.05) is 6.54 Å². The number of carboxylic acid groups (broad SMARTS) is 1. The van der Waals surface area contributed by atoms with Crippen LogP contribution in [0.1, 0.15) is 52.0 Å². The van der Waals surface area contributed by atoms with E-state index in [9.17, 15) is 19.2 Å². The predicted molar refractivity (Wildman–Crippen MR) is 130 cm³/mol. The molecule has 0 bridgehead atoms. The molecule has 0 radical (unpaired) electrons. The molecule has 0 saturated heterocycles. The minimum Gasteiger partial charge on any atom is -0.480 e. The van der Waals surface area contributed by atoms with Gasteiger partial charge in [-0.15, -0.1) is 0 Å². The van der Waals surface area contributed by atoms with Crippen molar-refractivity contribution in [3.8, 4) is 0 Å². The molecular formula is C24H39N5O5. The monoisotopic (exact) mass is 477 g/mol. The standard InChI is InChI=1S/C24H39N5O5/c1-4-15(2)20(29-21(30)18(26)12-8-9-13-25)23(32)28-19(14-17-10-6-5-7-11-17)22(31)27-16(3)24(33)34/h5-7,10-11,15-16,18-20H,4,8-9,12-14,25-26H2,1-3H3,(H,27,31)(H,28,32)(H,29,30)(H,33,34).